The van der Waals surface area contributed by atoms with Gasteiger partial charge in [0.1, 0.15) is 11.6 Å². The van der Waals surface area contributed by atoms with Gasteiger partial charge in [0, 0.05) is 38.6 Å². The zero-order chi connectivity index (χ0) is 19.1. The number of pyridine rings is 1. The van der Waals surface area contributed by atoms with Crippen LogP contribution in [0, 0.1) is 0 Å². The molecule has 1 amide bonds. The first-order chi connectivity index (χ1) is 13.7. The fourth-order valence-electron chi connectivity index (χ4n) is 5.14. The zero-order valence-electron chi connectivity index (χ0n) is 16.5. The van der Waals surface area contributed by atoms with Crippen molar-refractivity contribution in [3.63, 3.8) is 0 Å². The number of hydrogen-bond donors (Lipinski definition) is 0. The highest BCUT2D eigenvalue weighted by molar-refractivity contribution is 5.82. The Hall–Kier alpha value is -2.34. The maximum atomic E-state index is 13.1. The highest BCUT2D eigenvalue weighted by atomic mass is 16.5. The topological polar surface area (TPSA) is 50.6 Å². The molecule has 0 bridgehead atoms. The number of fused-ring (bicyclic) bond motifs is 4. The molecular formula is C22H28N4O2. The first-order valence-corrected chi connectivity index (χ1v) is 10.6. The number of carbonyl (C=O) groups is 1. The number of ether oxygens (including phenoxy) is 1. The fourth-order valence-corrected chi connectivity index (χ4v) is 5.14. The van der Waals surface area contributed by atoms with Gasteiger partial charge in [-0.15, -0.1) is 0 Å². The molecule has 148 valence electrons. The maximum Gasteiger partial charge on any atom is 0.251 e. The second-order valence-corrected chi connectivity index (χ2v) is 8.16. The average molecular weight is 380 g/mol. The van der Waals surface area contributed by atoms with E-state index in [2.05, 4.69) is 45.8 Å². The van der Waals surface area contributed by atoms with Gasteiger partial charge in [-0.05, 0) is 49.9 Å². The summed E-state index contributed by atoms with van der Waals surface area (Å²) in [6.45, 7) is 5.41. The minimum atomic E-state index is -0.247. The summed E-state index contributed by atoms with van der Waals surface area (Å²) in [5, 5.41) is 0. The minimum Gasteiger partial charge on any atom is -0.368 e. The van der Waals surface area contributed by atoms with Crippen molar-refractivity contribution < 1.29 is 9.53 Å². The first-order valence-electron chi connectivity index (χ1n) is 10.6. The number of hydrogen-bond acceptors (Lipinski definition) is 4. The maximum absolute atomic E-state index is 13.1. The Balaban J connectivity index is 1.54. The number of anilines is 1. The molecule has 2 aromatic rings. The van der Waals surface area contributed by atoms with Crippen molar-refractivity contribution in [2.24, 2.45) is 0 Å². The zero-order valence-corrected chi connectivity index (χ0v) is 16.5. The molecule has 2 aromatic heterocycles. The van der Waals surface area contributed by atoms with Crippen molar-refractivity contribution in [1.29, 1.82) is 0 Å². The van der Waals surface area contributed by atoms with Gasteiger partial charge in [0.2, 0.25) is 0 Å². The second-order valence-electron chi connectivity index (χ2n) is 8.16. The van der Waals surface area contributed by atoms with E-state index < -0.39 is 0 Å². The van der Waals surface area contributed by atoms with Crippen LogP contribution >= 0.6 is 0 Å². The molecule has 2 atom stereocenters. The Kier molecular flexibility index (Phi) is 4.38. The van der Waals surface area contributed by atoms with Gasteiger partial charge in [0.15, 0.2) is 5.82 Å². The van der Waals surface area contributed by atoms with Crippen LogP contribution in [0.2, 0.25) is 0 Å². The van der Waals surface area contributed by atoms with E-state index in [1.165, 1.54) is 11.4 Å². The van der Waals surface area contributed by atoms with Gasteiger partial charge in [0.05, 0.1) is 11.4 Å². The van der Waals surface area contributed by atoms with Crippen molar-refractivity contribution in [2.75, 3.05) is 31.1 Å². The lowest BCUT2D eigenvalue weighted by Gasteiger charge is -2.47. The van der Waals surface area contributed by atoms with Crippen LogP contribution in [-0.4, -0.2) is 52.7 Å². The normalized spacial score (nSPS) is 26.0. The highest BCUT2D eigenvalue weighted by Crippen LogP contribution is 2.47. The number of unbranched alkanes of at least 4 members (excludes halogenated alkanes) is 1. The smallest absolute Gasteiger partial charge is 0.251 e. The Labute approximate surface area is 166 Å². The highest BCUT2D eigenvalue weighted by Gasteiger charge is 2.51. The van der Waals surface area contributed by atoms with Gasteiger partial charge in [-0.3, -0.25) is 4.79 Å². The van der Waals surface area contributed by atoms with Crippen LogP contribution in [0.15, 0.2) is 36.7 Å². The van der Waals surface area contributed by atoms with E-state index in [-0.39, 0.29) is 17.6 Å². The van der Waals surface area contributed by atoms with Gasteiger partial charge in [0.25, 0.3) is 5.91 Å². The monoisotopic (exact) mass is 380 g/mol. The standard InChI is InChI=1S/C22H28N4O2/c1-2-3-13-26-17-7-4-11-23-20(17)25-12-5-9-19(25)22(26)10-14-24(16-22)21(27)18-8-6-15-28-18/h4-5,7,9,11-12,18H,2-3,6,8,10,13-16H2,1H3/t18-,22?/m1/s1. The van der Waals surface area contributed by atoms with Crippen LogP contribution in [0.4, 0.5) is 5.69 Å². The van der Waals surface area contributed by atoms with Crippen molar-refractivity contribution in [1.82, 2.24) is 14.5 Å². The van der Waals surface area contributed by atoms with Crippen LogP contribution in [0.1, 0.15) is 44.7 Å². The third kappa shape index (κ3) is 2.58. The average Bonchev–Trinajstić information content (AvgIpc) is 3.48. The molecule has 3 aliphatic rings. The lowest BCUT2D eigenvalue weighted by molar-refractivity contribution is -0.140. The lowest BCUT2D eigenvalue weighted by atomic mass is 9.88. The number of aromatic nitrogens is 2. The van der Waals surface area contributed by atoms with Crippen molar-refractivity contribution in [2.45, 2.75) is 50.7 Å². The minimum absolute atomic E-state index is 0.167. The summed E-state index contributed by atoms with van der Waals surface area (Å²) in [4.78, 5) is 22.3. The van der Waals surface area contributed by atoms with E-state index in [1.807, 2.05) is 17.2 Å². The van der Waals surface area contributed by atoms with Crippen LogP contribution in [0.25, 0.3) is 5.82 Å². The van der Waals surface area contributed by atoms with E-state index in [0.29, 0.717) is 13.2 Å². The summed E-state index contributed by atoms with van der Waals surface area (Å²) in [6, 6.07) is 8.50. The van der Waals surface area contributed by atoms with Crippen LogP contribution < -0.4 is 4.90 Å². The number of carbonyl (C=O) groups excluding carboxylic acids is 1. The van der Waals surface area contributed by atoms with Gasteiger partial charge in [-0.25, -0.2) is 4.98 Å². The van der Waals surface area contributed by atoms with Crippen molar-refractivity contribution in [3.8, 4) is 5.82 Å². The molecule has 0 saturated carbocycles. The van der Waals surface area contributed by atoms with Crippen LogP contribution in [-0.2, 0) is 15.1 Å². The quantitative estimate of drug-likeness (QED) is 0.818. The largest absolute Gasteiger partial charge is 0.368 e. The van der Waals surface area contributed by atoms with Crippen molar-refractivity contribution in [3.05, 3.63) is 42.4 Å². The fraction of sp³-hybridized carbons (Fsp3) is 0.545. The van der Waals surface area contributed by atoms with Crippen molar-refractivity contribution >= 4 is 11.6 Å². The number of nitrogens with zero attached hydrogens (tertiary/aromatic N) is 4. The number of rotatable bonds is 4. The lowest BCUT2D eigenvalue weighted by Crippen LogP contribution is -2.53. The van der Waals surface area contributed by atoms with Gasteiger partial charge in [-0.2, -0.15) is 0 Å². The molecule has 5 heterocycles. The Morgan fingerprint density at radius 2 is 2.29 bits per heavy atom. The Morgan fingerprint density at radius 3 is 3.11 bits per heavy atom. The molecule has 1 unspecified atom stereocenters. The SMILES string of the molecule is CCCCN1c2cccnc2-n2cccc2C12CCN(C(=O)[C@H]1CCCO1)C2. The molecule has 1 spiro atoms. The molecule has 3 aliphatic heterocycles. The van der Waals surface area contributed by atoms with Crippen LogP contribution in [0.5, 0.6) is 0 Å². The molecule has 2 fully saturated rings. The predicted octanol–water partition coefficient (Wildman–Crippen LogP) is 3.10. The van der Waals surface area contributed by atoms with E-state index >= 15 is 0 Å². The van der Waals surface area contributed by atoms with E-state index in [9.17, 15) is 4.79 Å². The molecule has 0 N–H and O–H groups in total. The Morgan fingerprint density at radius 1 is 1.36 bits per heavy atom. The van der Waals surface area contributed by atoms with Gasteiger partial charge < -0.3 is 19.1 Å². The third-order valence-electron chi connectivity index (χ3n) is 6.53. The molecule has 5 rings (SSSR count). The van der Waals surface area contributed by atoms with Crippen LogP contribution in [0.3, 0.4) is 0 Å². The van der Waals surface area contributed by atoms with E-state index in [4.69, 9.17) is 4.74 Å². The summed E-state index contributed by atoms with van der Waals surface area (Å²) >= 11 is 0. The van der Waals surface area contributed by atoms with Gasteiger partial charge in [-0.1, -0.05) is 13.3 Å². The summed E-state index contributed by atoms with van der Waals surface area (Å²) in [7, 11) is 0. The molecule has 0 radical (unpaired) electrons. The molecule has 28 heavy (non-hydrogen) atoms. The molecule has 2 saturated heterocycles. The van der Waals surface area contributed by atoms with E-state index in [1.54, 1.807) is 0 Å². The number of likely N-dealkylation sites (tertiary alicyclic amines) is 1. The summed E-state index contributed by atoms with van der Waals surface area (Å²) in [6.07, 6.45) is 8.76. The molecule has 6 nitrogen and oxygen atoms in total. The van der Waals surface area contributed by atoms with E-state index in [0.717, 1.165) is 51.0 Å². The molecule has 0 aromatic carbocycles. The molecular weight excluding hydrogens is 352 g/mol. The second kappa shape index (κ2) is 6.92. The summed E-state index contributed by atoms with van der Waals surface area (Å²) < 4.78 is 7.91. The third-order valence-corrected chi connectivity index (χ3v) is 6.53. The summed E-state index contributed by atoms with van der Waals surface area (Å²) in [5.41, 5.74) is 2.23. The van der Waals surface area contributed by atoms with Gasteiger partial charge >= 0.3 is 0 Å². The molecule has 0 aliphatic carbocycles. The predicted molar refractivity (Wildman–Crippen MR) is 108 cm³/mol. The molecule has 6 heteroatoms. The summed E-state index contributed by atoms with van der Waals surface area (Å²) in [5.74, 6) is 1.16. The number of amides is 1. The Bertz CT molecular complexity index is 873. The first kappa shape index (κ1) is 17.7.